The summed E-state index contributed by atoms with van der Waals surface area (Å²) in [7, 11) is 1.77. The molecule has 0 spiro atoms. The van der Waals surface area contributed by atoms with Gasteiger partial charge in [-0.25, -0.2) is 9.36 Å². The van der Waals surface area contributed by atoms with Crippen LogP contribution in [0.1, 0.15) is 0 Å². The number of aromatic nitrogens is 6. The standard InChI is InChI=1S/C5H5IN6/c1-11-5(8-9-10-11)12-3-4(6)2-7-12/h2-3H,1H3. The zero-order chi connectivity index (χ0) is 8.55. The third-order valence-corrected chi connectivity index (χ3v) is 1.91. The molecule has 7 heteroatoms. The Labute approximate surface area is 81.7 Å². The zero-order valence-corrected chi connectivity index (χ0v) is 8.37. The van der Waals surface area contributed by atoms with E-state index in [4.69, 9.17) is 0 Å². The lowest BCUT2D eigenvalue weighted by Crippen LogP contribution is -2.04. The quantitative estimate of drug-likeness (QED) is 0.688. The maximum absolute atomic E-state index is 4.06. The van der Waals surface area contributed by atoms with Crippen LogP contribution in [0, 0.1) is 3.57 Å². The number of hydrogen-bond acceptors (Lipinski definition) is 4. The molecule has 0 fully saturated rings. The Hall–Kier alpha value is -0.990. The smallest absolute Gasteiger partial charge is 0.213 e. The zero-order valence-electron chi connectivity index (χ0n) is 6.22. The van der Waals surface area contributed by atoms with Crippen LogP contribution < -0.4 is 0 Å². The summed E-state index contributed by atoms with van der Waals surface area (Å²) in [4.78, 5) is 0. The highest BCUT2D eigenvalue weighted by Crippen LogP contribution is 2.04. The van der Waals surface area contributed by atoms with Crippen LogP contribution in [-0.4, -0.2) is 30.0 Å². The molecule has 6 nitrogen and oxygen atoms in total. The van der Waals surface area contributed by atoms with Gasteiger partial charge >= 0.3 is 0 Å². The number of nitrogens with zero attached hydrogens (tertiary/aromatic N) is 6. The first-order valence-corrected chi connectivity index (χ1v) is 4.28. The number of rotatable bonds is 1. The van der Waals surface area contributed by atoms with Gasteiger partial charge in [0, 0.05) is 13.2 Å². The fourth-order valence-electron chi connectivity index (χ4n) is 0.829. The molecule has 0 aliphatic rings. The van der Waals surface area contributed by atoms with Gasteiger partial charge in [0.2, 0.25) is 0 Å². The normalized spacial score (nSPS) is 10.5. The number of tetrazole rings is 1. The minimum absolute atomic E-state index is 0.609. The van der Waals surface area contributed by atoms with Gasteiger partial charge in [-0.05, 0) is 33.0 Å². The van der Waals surface area contributed by atoms with Gasteiger partial charge in [-0.1, -0.05) is 5.10 Å². The van der Waals surface area contributed by atoms with Gasteiger partial charge in [-0.2, -0.15) is 5.10 Å². The van der Waals surface area contributed by atoms with Gasteiger partial charge < -0.3 is 0 Å². The number of aryl methyl sites for hydroxylation is 1. The van der Waals surface area contributed by atoms with Gasteiger partial charge in [0.15, 0.2) is 0 Å². The molecule has 0 aliphatic heterocycles. The minimum Gasteiger partial charge on any atom is -0.213 e. The monoisotopic (exact) mass is 276 g/mol. The summed E-state index contributed by atoms with van der Waals surface area (Å²) in [6, 6.07) is 0. The molecule has 0 N–H and O–H groups in total. The van der Waals surface area contributed by atoms with Crippen LogP contribution in [0.2, 0.25) is 0 Å². The van der Waals surface area contributed by atoms with Crippen molar-refractivity contribution in [2.24, 2.45) is 7.05 Å². The van der Waals surface area contributed by atoms with Crippen LogP contribution in [0.5, 0.6) is 0 Å². The lowest BCUT2D eigenvalue weighted by atomic mass is 10.7. The van der Waals surface area contributed by atoms with Crippen molar-refractivity contribution in [2.45, 2.75) is 0 Å². The van der Waals surface area contributed by atoms with Gasteiger partial charge in [-0.3, -0.25) is 0 Å². The summed E-state index contributed by atoms with van der Waals surface area (Å²) >= 11 is 2.18. The Bertz CT molecular complexity index is 390. The topological polar surface area (TPSA) is 61.4 Å². The molecule has 0 bridgehead atoms. The Morgan fingerprint density at radius 1 is 1.50 bits per heavy atom. The van der Waals surface area contributed by atoms with E-state index >= 15 is 0 Å². The second kappa shape index (κ2) is 2.81. The summed E-state index contributed by atoms with van der Waals surface area (Å²) in [6.07, 6.45) is 3.60. The first-order valence-electron chi connectivity index (χ1n) is 3.20. The second-order valence-electron chi connectivity index (χ2n) is 2.21. The summed E-state index contributed by atoms with van der Waals surface area (Å²) in [5, 5.41) is 15.1. The van der Waals surface area contributed by atoms with Crippen LogP contribution in [0.25, 0.3) is 5.95 Å². The van der Waals surface area contributed by atoms with E-state index in [2.05, 4.69) is 43.2 Å². The Morgan fingerprint density at radius 3 is 2.83 bits per heavy atom. The van der Waals surface area contributed by atoms with E-state index in [0.717, 1.165) is 3.57 Å². The minimum atomic E-state index is 0.609. The molecule has 0 saturated carbocycles. The molecular weight excluding hydrogens is 271 g/mol. The lowest BCUT2D eigenvalue weighted by molar-refractivity contribution is 0.671. The molecular formula is C5H5IN6. The van der Waals surface area contributed by atoms with Crippen molar-refractivity contribution in [1.82, 2.24) is 30.0 Å². The predicted octanol–water partition coefficient (Wildman–Crippen LogP) is 0.000400. The van der Waals surface area contributed by atoms with Gasteiger partial charge in [0.05, 0.1) is 9.77 Å². The SMILES string of the molecule is Cn1nnnc1-n1cc(I)cn1. The predicted molar refractivity (Wildman–Crippen MR) is 48.6 cm³/mol. The van der Waals surface area contributed by atoms with Crippen LogP contribution >= 0.6 is 22.6 Å². The summed E-state index contributed by atoms with van der Waals surface area (Å²) in [6.45, 7) is 0. The molecule has 0 aromatic carbocycles. The van der Waals surface area contributed by atoms with E-state index in [1.807, 2.05) is 6.20 Å². The third-order valence-electron chi connectivity index (χ3n) is 1.35. The van der Waals surface area contributed by atoms with E-state index in [-0.39, 0.29) is 0 Å². The molecule has 0 radical (unpaired) electrons. The first-order chi connectivity index (χ1) is 5.77. The van der Waals surface area contributed by atoms with Crippen molar-refractivity contribution in [3.05, 3.63) is 16.0 Å². The van der Waals surface area contributed by atoms with E-state index in [9.17, 15) is 0 Å². The van der Waals surface area contributed by atoms with Crippen LogP contribution in [0.3, 0.4) is 0 Å². The van der Waals surface area contributed by atoms with Crippen molar-refractivity contribution >= 4 is 22.6 Å². The van der Waals surface area contributed by atoms with Crippen molar-refractivity contribution in [1.29, 1.82) is 0 Å². The van der Waals surface area contributed by atoms with Crippen molar-refractivity contribution < 1.29 is 0 Å². The van der Waals surface area contributed by atoms with Crippen molar-refractivity contribution in [3.63, 3.8) is 0 Å². The highest BCUT2D eigenvalue weighted by atomic mass is 127. The summed E-state index contributed by atoms with van der Waals surface area (Å²) in [5.41, 5.74) is 0. The highest BCUT2D eigenvalue weighted by molar-refractivity contribution is 14.1. The van der Waals surface area contributed by atoms with Gasteiger partial charge in [-0.15, -0.1) is 0 Å². The van der Waals surface area contributed by atoms with Gasteiger partial charge in [0.25, 0.3) is 5.95 Å². The molecule has 2 aromatic rings. The third kappa shape index (κ3) is 1.19. The van der Waals surface area contributed by atoms with E-state index < -0.39 is 0 Å². The van der Waals surface area contributed by atoms with Gasteiger partial charge in [0.1, 0.15) is 0 Å². The Morgan fingerprint density at radius 2 is 2.33 bits per heavy atom. The fourth-order valence-corrected chi connectivity index (χ4v) is 1.22. The maximum atomic E-state index is 4.06. The fraction of sp³-hybridized carbons (Fsp3) is 0.200. The van der Waals surface area contributed by atoms with E-state index in [1.54, 1.807) is 22.6 Å². The summed E-state index contributed by atoms with van der Waals surface area (Å²) < 4.78 is 4.24. The molecule has 12 heavy (non-hydrogen) atoms. The van der Waals surface area contributed by atoms with Crippen molar-refractivity contribution in [2.75, 3.05) is 0 Å². The van der Waals surface area contributed by atoms with Crippen molar-refractivity contribution in [3.8, 4) is 5.95 Å². The van der Waals surface area contributed by atoms with Crippen LogP contribution in [0.15, 0.2) is 12.4 Å². The molecule has 0 aliphatic carbocycles. The molecule has 2 rings (SSSR count). The summed E-state index contributed by atoms with van der Waals surface area (Å²) in [5.74, 6) is 0.609. The maximum Gasteiger partial charge on any atom is 0.270 e. The molecule has 2 heterocycles. The molecule has 0 amide bonds. The average Bonchev–Trinajstić information content (AvgIpc) is 2.58. The number of halogens is 1. The van der Waals surface area contributed by atoms with E-state index in [0.29, 0.717) is 5.95 Å². The Kier molecular flexibility index (Phi) is 1.79. The number of hydrogen-bond donors (Lipinski definition) is 0. The van der Waals surface area contributed by atoms with Crippen LogP contribution in [-0.2, 0) is 7.05 Å². The van der Waals surface area contributed by atoms with Crippen LogP contribution in [0.4, 0.5) is 0 Å². The lowest BCUT2D eigenvalue weighted by Gasteiger charge is -1.94. The first kappa shape index (κ1) is 7.65. The second-order valence-corrected chi connectivity index (χ2v) is 3.45. The van der Waals surface area contributed by atoms with E-state index in [1.165, 1.54) is 0 Å². The average molecular weight is 276 g/mol. The molecule has 0 atom stereocenters. The highest BCUT2D eigenvalue weighted by Gasteiger charge is 2.04. The largest absolute Gasteiger partial charge is 0.270 e. The Balaban J connectivity index is 2.50. The molecule has 0 unspecified atom stereocenters. The molecule has 2 aromatic heterocycles. The molecule has 62 valence electrons. The molecule has 0 saturated heterocycles.